The minimum absolute atomic E-state index is 0.0169. The first-order valence-corrected chi connectivity index (χ1v) is 9.53. The molecule has 0 aliphatic rings. The predicted octanol–water partition coefficient (Wildman–Crippen LogP) is 4.20. The zero-order chi connectivity index (χ0) is 22.3. The van der Waals surface area contributed by atoms with Crippen molar-refractivity contribution in [1.29, 1.82) is 0 Å². The van der Waals surface area contributed by atoms with Gasteiger partial charge in [-0.15, -0.1) is 0 Å². The van der Waals surface area contributed by atoms with Crippen molar-refractivity contribution in [2.24, 2.45) is 0 Å². The molecule has 2 aromatic rings. The van der Waals surface area contributed by atoms with Crippen LogP contribution in [-0.4, -0.2) is 39.3 Å². The van der Waals surface area contributed by atoms with Crippen molar-refractivity contribution in [1.82, 2.24) is 0 Å². The summed E-state index contributed by atoms with van der Waals surface area (Å²) in [5.41, 5.74) is 0.526. The lowest BCUT2D eigenvalue weighted by molar-refractivity contribution is -0.148. The lowest BCUT2D eigenvalue weighted by Gasteiger charge is -2.13. The first-order chi connectivity index (χ1) is 14.3. The number of hydrogen-bond acceptors (Lipinski definition) is 6. The maximum Gasteiger partial charge on any atom is 0.331 e. The van der Waals surface area contributed by atoms with E-state index in [9.17, 15) is 14.0 Å². The number of nitrogens with one attached hydrogen (secondary N) is 1. The molecule has 2 rings (SSSR count). The summed E-state index contributed by atoms with van der Waals surface area (Å²) >= 11 is 3.13. The van der Waals surface area contributed by atoms with Crippen LogP contribution >= 0.6 is 15.9 Å². The quantitative estimate of drug-likeness (QED) is 0.449. The largest absolute Gasteiger partial charge is 0.496 e. The smallest absolute Gasteiger partial charge is 0.331 e. The fourth-order valence-electron chi connectivity index (χ4n) is 2.43. The molecule has 0 spiro atoms. The van der Waals surface area contributed by atoms with Gasteiger partial charge in [-0.2, -0.15) is 0 Å². The predicted molar refractivity (Wildman–Crippen MR) is 113 cm³/mol. The van der Waals surface area contributed by atoms with Gasteiger partial charge in [0.2, 0.25) is 0 Å². The third kappa shape index (κ3) is 5.96. The second-order valence-corrected chi connectivity index (χ2v) is 6.89. The zero-order valence-electron chi connectivity index (χ0n) is 16.8. The summed E-state index contributed by atoms with van der Waals surface area (Å²) in [6.07, 6.45) is 1.47. The molecule has 0 aliphatic carbocycles. The fraction of sp³-hybridized carbons (Fsp3) is 0.238. The Labute approximate surface area is 181 Å². The highest BCUT2D eigenvalue weighted by atomic mass is 79.9. The van der Waals surface area contributed by atoms with Crippen LogP contribution in [0.1, 0.15) is 12.5 Å². The van der Waals surface area contributed by atoms with E-state index in [1.807, 2.05) is 0 Å². The van der Waals surface area contributed by atoms with Crippen molar-refractivity contribution in [2.45, 2.75) is 13.0 Å². The molecule has 0 aliphatic heterocycles. The topological polar surface area (TPSA) is 83.1 Å². The van der Waals surface area contributed by atoms with Gasteiger partial charge in [0.1, 0.15) is 11.6 Å². The van der Waals surface area contributed by atoms with Crippen LogP contribution < -0.4 is 19.5 Å². The molecule has 9 heteroatoms. The van der Waals surface area contributed by atoms with Crippen LogP contribution in [0.15, 0.2) is 40.9 Å². The number of halogens is 2. The number of carbonyl (C=O) groups excluding carboxylic acids is 2. The molecule has 7 nitrogen and oxygen atoms in total. The number of carbonyl (C=O) groups is 2. The van der Waals surface area contributed by atoms with E-state index < -0.39 is 23.8 Å². The fourth-order valence-corrected chi connectivity index (χ4v) is 2.77. The molecule has 0 bridgehead atoms. The van der Waals surface area contributed by atoms with E-state index in [0.29, 0.717) is 27.3 Å². The van der Waals surface area contributed by atoms with Gasteiger partial charge < -0.3 is 24.3 Å². The van der Waals surface area contributed by atoms with Crippen molar-refractivity contribution in [3.8, 4) is 17.2 Å². The van der Waals surface area contributed by atoms with E-state index in [-0.39, 0.29) is 5.69 Å². The number of benzene rings is 2. The second kappa shape index (κ2) is 10.6. The average Bonchev–Trinajstić information content (AvgIpc) is 2.73. The molecule has 0 aromatic heterocycles. The van der Waals surface area contributed by atoms with E-state index in [4.69, 9.17) is 18.9 Å². The molecule has 0 saturated carbocycles. The van der Waals surface area contributed by atoms with E-state index in [1.165, 1.54) is 46.5 Å². The molecule has 0 radical (unpaired) electrons. The van der Waals surface area contributed by atoms with Gasteiger partial charge in [0.15, 0.2) is 17.6 Å². The summed E-state index contributed by atoms with van der Waals surface area (Å²) in [7, 11) is 4.46. The van der Waals surface area contributed by atoms with Crippen LogP contribution in [-0.2, 0) is 14.3 Å². The summed E-state index contributed by atoms with van der Waals surface area (Å²) < 4.78 is 35.2. The SMILES string of the molecule is COc1cc(OC)c(OC)cc1/C=C/C(=O)OC(C)C(=O)Nc1ccc(Br)cc1F. The Morgan fingerprint density at radius 2 is 1.67 bits per heavy atom. The van der Waals surface area contributed by atoms with Gasteiger partial charge in [-0.05, 0) is 37.3 Å². The number of rotatable bonds is 8. The molecule has 1 unspecified atom stereocenters. The van der Waals surface area contributed by atoms with Crippen molar-refractivity contribution < 1.29 is 32.9 Å². The van der Waals surface area contributed by atoms with Crippen LogP contribution in [0.2, 0.25) is 0 Å². The van der Waals surface area contributed by atoms with Crippen molar-refractivity contribution in [2.75, 3.05) is 26.6 Å². The highest BCUT2D eigenvalue weighted by molar-refractivity contribution is 9.10. The minimum Gasteiger partial charge on any atom is -0.496 e. The van der Waals surface area contributed by atoms with Gasteiger partial charge in [-0.1, -0.05) is 15.9 Å². The Morgan fingerprint density at radius 3 is 2.27 bits per heavy atom. The molecule has 1 amide bonds. The Morgan fingerprint density at radius 1 is 1.03 bits per heavy atom. The molecule has 2 aromatic carbocycles. The molecular weight excluding hydrogens is 461 g/mol. The van der Waals surface area contributed by atoms with E-state index in [1.54, 1.807) is 18.2 Å². The highest BCUT2D eigenvalue weighted by Gasteiger charge is 2.18. The minimum atomic E-state index is -1.14. The number of amides is 1. The Hall–Kier alpha value is -3.07. The van der Waals surface area contributed by atoms with Gasteiger partial charge in [-0.25, -0.2) is 9.18 Å². The molecule has 0 saturated heterocycles. The van der Waals surface area contributed by atoms with Crippen molar-refractivity contribution in [3.05, 3.63) is 52.3 Å². The average molecular weight is 482 g/mol. The zero-order valence-corrected chi connectivity index (χ0v) is 18.4. The van der Waals surface area contributed by atoms with E-state index >= 15 is 0 Å². The second-order valence-electron chi connectivity index (χ2n) is 5.98. The molecule has 0 heterocycles. The summed E-state index contributed by atoms with van der Waals surface area (Å²) in [6, 6.07) is 7.44. The van der Waals surface area contributed by atoms with E-state index in [2.05, 4.69) is 21.2 Å². The normalized spacial score (nSPS) is 11.7. The summed E-state index contributed by atoms with van der Waals surface area (Å²) in [5.74, 6) is -0.660. The van der Waals surface area contributed by atoms with E-state index in [0.717, 1.165) is 6.08 Å². The van der Waals surface area contributed by atoms with Crippen LogP contribution in [0.4, 0.5) is 10.1 Å². The highest BCUT2D eigenvalue weighted by Crippen LogP contribution is 2.35. The van der Waals surface area contributed by atoms with Gasteiger partial charge in [-0.3, -0.25) is 4.79 Å². The molecule has 1 atom stereocenters. The van der Waals surface area contributed by atoms with Gasteiger partial charge >= 0.3 is 5.97 Å². The standard InChI is InChI=1S/C21H21BrFNO6/c1-12(21(26)24-16-7-6-14(22)10-15(16)23)30-20(25)8-5-13-9-18(28-3)19(29-4)11-17(13)27-2/h5-12H,1-4H3,(H,24,26)/b8-5+. The van der Waals surface area contributed by atoms with Gasteiger partial charge in [0.05, 0.1) is 27.0 Å². The maximum absolute atomic E-state index is 13.8. The number of anilines is 1. The van der Waals surface area contributed by atoms with Crippen LogP contribution in [0.3, 0.4) is 0 Å². The Balaban J connectivity index is 2.05. The first kappa shape index (κ1) is 23.2. The van der Waals surface area contributed by atoms with Crippen LogP contribution in [0, 0.1) is 5.82 Å². The van der Waals surface area contributed by atoms with Crippen LogP contribution in [0.5, 0.6) is 17.2 Å². The number of hydrogen-bond donors (Lipinski definition) is 1. The molecule has 0 fully saturated rings. The van der Waals surface area contributed by atoms with Gasteiger partial charge in [0.25, 0.3) is 5.91 Å². The lowest BCUT2D eigenvalue weighted by atomic mass is 10.1. The Bertz CT molecular complexity index is 963. The molecule has 30 heavy (non-hydrogen) atoms. The molecular formula is C21H21BrFNO6. The molecule has 1 N–H and O–H groups in total. The number of methoxy groups -OCH3 is 3. The summed E-state index contributed by atoms with van der Waals surface area (Å²) in [4.78, 5) is 24.3. The Kier molecular flexibility index (Phi) is 8.23. The van der Waals surface area contributed by atoms with Crippen molar-refractivity contribution in [3.63, 3.8) is 0 Å². The first-order valence-electron chi connectivity index (χ1n) is 8.73. The van der Waals surface area contributed by atoms with Crippen molar-refractivity contribution >= 4 is 39.6 Å². The van der Waals surface area contributed by atoms with Gasteiger partial charge in [0, 0.05) is 22.2 Å². The third-order valence-electron chi connectivity index (χ3n) is 3.99. The summed E-state index contributed by atoms with van der Waals surface area (Å²) in [5, 5.41) is 2.38. The van der Waals surface area contributed by atoms with Crippen LogP contribution in [0.25, 0.3) is 6.08 Å². The number of esters is 1. The lowest BCUT2D eigenvalue weighted by Crippen LogP contribution is -2.29. The summed E-state index contributed by atoms with van der Waals surface area (Å²) in [6.45, 7) is 1.38. The monoisotopic (exact) mass is 481 g/mol. The molecule has 160 valence electrons. The third-order valence-corrected chi connectivity index (χ3v) is 4.48. The number of ether oxygens (including phenoxy) is 4. The maximum atomic E-state index is 13.8.